The Balaban J connectivity index is 1.56. The molecule has 0 fully saturated rings. The average Bonchev–Trinajstić information content (AvgIpc) is 2.92. The molecule has 0 saturated heterocycles. The van der Waals surface area contributed by atoms with Crippen molar-refractivity contribution in [3.8, 4) is 28.0 Å². The molecule has 5 aromatic rings. The van der Waals surface area contributed by atoms with E-state index in [4.69, 9.17) is 4.98 Å². The molecule has 0 spiro atoms. The molecule has 0 unspecified atom stereocenters. The predicted octanol–water partition coefficient (Wildman–Crippen LogP) is 9.44. The Bertz CT molecular complexity index is 1560. The highest BCUT2D eigenvalue weighted by Crippen LogP contribution is 2.41. The van der Waals surface area contributed by atoms with Gasteiger partial charge in [-0.25, -0.2) is 0 Å². The predicted molar refractivity (Wildman–Crippen MR) is 161 cm³/mol. The highest BCUT2D eigenvalue weighted by atomic mass is 16.3. The Morgan fingerprint density at radius 2 is 1.37 bits per heavy atom. The van der Waals surface area contributed by atoms with Crippen molar-refractivity contribution in [1.82, 2.24) is 4.98 Å². The summed E-state index contributed by atoms with van der Waals surface area (Å²) in [5.41, 5.74) is 10.4. The molecular weight excluding hydrogens is 464 g/mol. The molecular formula is C35H36N2O. The summed E-state index contributed by atoms with van der Waals surface area (Å²) < 4.78 is 0. The molecule has 0 saturated carbocycles. The maximum absolute atomic E-state index is 11.4. The van der Waals surface area contributed by atoms with E-state index in [0.29, 0.717) is 18.4 Å². The number of benzene rings is 4. The van der Waals surface area contributed by atoms with Gasteiger partial charge in [-0.1, -0.05) is 100 Å². The van der Waals surface area contributed by atoms with Crippen LogP contribution < -0.4 is 5.32 Å². The lowest BCUT2D eigenvalue weighted by Crippen LogP contribution is -2.08. The van der Waals surface area contributed by atoms with Gasteiger partial charge in [0.05, 0.1) is 17.8 Å². The van der Waals surface area contributed by atoms with Gasteiger partial charge in [0.25, 0.3) is 0 Å². The monoisotopic (exact) mass is 500 g/mol. The summed E-state index contributed by atoms with van der Waals surface area (Å²) in [5.74, 6) is 1.14. The number of fused-ring (bicyclic) bond motifs is 1. The van der Waals surface area contributed by atoms with Crippen LogP contribution in [0.25, 0.3) is 33.2 Å². The molecule has 2 N–H and O–H groups in total. The third kappa shape index (κ3) is 5.02. The van der Waals surface area contributed by atoms with E-state index in [1.807, 2.05) is 42.5 Å². The molecule has 5 rings (SSSR count). The first kappa shape index (κ1) is 25.5. The molecule has 3 heteroatoms. The summed E-state index contributed by atoms with van der Waals surface area (Å²) in [4.78, 5) is 5.12. The fourth-order valence-electron chi connectivity index (χ4n) is 5.26. The van der Waals surface area contributed by atoms with Crippen molar-refractivity contribution < 1.29 is 5.11 Å². The molecule has 0 aliphatic rings. The van der Waals surface area contributed by atoms with Crippen LogP contribution in [0.1, 0.15) is 61.9 Å². The molecule has 192 valence electrons. The van der Waals surface area contributed by atoms with Crippen molar-refractivity contribution in [1.29, 1.82) is 0 Å². The number of nitrogens with zero attached hydrogens (tertiary/aromatic N) is 1. The Morgan fingerprint density at radius 1 is 0.711 bits per heavy atom. The number of aromatic hydroxyl groups is 1. The highest BCUT2D eigenvalue weighted by molar-refractivity contribution is 5.97. The van der Waals surface area contributed by atoms with Gasteiger partial charge in [0.1, 0.15) is 5.75 Å². The topological polar surface area (TPSA) is 45.1 Å². The lowest BCUT2D eigenvalue weighted by atomic mass is 9.92. The zero-order valence-corrected chi connectivity index (χ0v) is 22.9. The fourth-order valence-corrected chi connectivity index (χ4v) is 5.26. The molecule has 0 amide bonds. The van der Waals surface area contributed by atoms with Gasteiger partial charge in [-0.05, 0) is 59.2 Å². The van der Waals surface area contributed by atoms with Gasteiger partial charge in [0.15, 0.2) is 0 Å². The van der Waals surface area contributed by atoms with Crippen LogP contribution in [0.15, 0.2) is 91.0 Å². The van der Waals surface area contributed by atoms with E-state index in [2.05, 4.69) is 88.5 Å². The zero-order valence-electron chi connectivity index (χ0n) is 22.9. The molecule has 38 heavy (non-hydrogen) atoms. The minimum absolute atomic E-state index is 0.284. The molecule has 0 aliphatic carbocycles. The Morgan fingerprint density at radius 3 is 2.05 bits per heavy atom. The minimum atomic E-state index is 0.284. The molecule has 0 bridgehead atoms. The summed E-state index contributed by atoms with van der Waals surface area (Å²) in [6.45, 7) is 11.7. The number of anilines is 1. The van der Waals surface area contributed by atoms with Gasteiger partial charge >= 0.3 is 0 Å². The zero-order chi connectivity index (χ0) is 26.8. The number of phenolic OH excluding ortho intramolecular Hbond substituents is 1. The second-order valence-electron chi connectivity index (χ2n) is 10.7. The quantitative estimate of drug-likeness (QED) is 0.234. The number of para-hydroxylation sites is 2. The van der Waals surface area contributed by atoms with Crippen LogP contribution in [0.5, 0.6) is 5.75 Å². The fraction of sp³-hybridized carbons (Fsp3) is 0.229. The molecule has 1 aromatic heterocycles. The van der Waals surface area contributed by atoms with Crippen molar-refractivity contribution >= 4 is 16.6 Å². The Kier molecular flexibility index (Phi) is 7.20. The summed E-state index contributed by atoms with van der Waals surface area (Å²) in [7, 11) is 0. The Labute approximate surface area is 226 Å². The van der Waals surface area contributed by atoms with Crippen LogP contribution in [0.4, 0.5) is 5.69 Å². The average molecular weight is 501 g/mol. The largest absolute Gasteiger partial charge is 0.507 e. The maximum Gasteiger partial charge on any atom is 0.131 e. The van der Waals surface area contributed by atoms with Crippen LogP contribution in [0.3, 0.4) is 0 Å². The number of aryl methyl sites for hydroxylation is 1. The van der Waals surface area contributed by atoms with E-state index >= 15 is 0 Å². The van der Waals surface area contributed by atoms with Crippen LogP contribution in [-0.4, -0.2) is 10.1 Å². The number of pyridine rings is 1. The number of phenols is 1. The van der Waals surface area contributed by atoms with Crippen molar-refractivity contribution in [2.24, 2.45) is 0 Å². The van der Waals surface area contributed by atoms with E-state index in [1.54, 1.807) is 0 Å². The molecule has 4 aromatic carbocycles. The normalized spacial score (nSPS) is 11.4. The Hall–Kier alpha value is -4.11. The smallest absolute Gasteiger partial charge is 0.131 e. The first-order valence-electron chi connectivity index (χ1n) is 13.5. The van der Waals surface area contributed by atoms with Crippen molar-refractivity contribution in [3.05, 3.63) is 113 Å². The highest BCUT2D eigenvalue weighted by Gasteiger charge is 2.17. The molecule has 0 atom stereocenters. The van der Waals surface area contributed by atoms with E-state index in [9.17, 15) is 5.11 Å². The van der Waals surface area contributed by atoms with Gasteiger partial charge in [-0.3, -0.25) is 4.98 Å². The number of nitrogens with one attached hydrogen (secondary N) is 1. The van der Waals surface area contributed by atoms with Gasteiger partial charge < -0.3 is 10.4 Å². The lowest BCUT2D eigenvalue weighted by Gasteiger charge is -2.21. The molecule has 0 radical (unpaired) electrons. The summed E-state index contributed by atoms with van der Waals surface area (Å²) in [6.07, 6.45) is 0. The van der Waals surface area contributed by atoms with Crippen LogP contribution in [-0.2, 0) is 6.54 Å². The summed E-state index contributed by atoms with van der Waals surface area (Å²) >= 11 is 0. The lowest BCUT2D eigenvalue weighted by molar-refractivity contribution is 0.479. The third-order valence-corrected chi connectivity index (χ3v) is 7.23. The molecule has 1 heterocycles. The van der Waals surface area contributed by atoms with Crippen molar-refractivity contribution in [2.75, 3.05) is 5.32 Å². The van der Waals surface area contributed by atoms with E-state index < -0.39 is 0 Å². The first-order valence-corrected chi connectivity index (χ1v) is 13.5. The van der Waals surface area contributed by atoms with Crippen LogP contribution in [0.2, 0.25) is 0 Å². The van der Waals surface area contributed by atoms with Crippen molar-refractivity contribution in [3.63, 3.8) is 0 Å². The van der Waals surface area contributed by atoms with E-state index in [0.717, 1.165) is 44.4 Å². The SMILES string of the molecule is Cc1cc(-c2ccccc2)c(O)c(-c2cccc3ccc(CNc4c(C(C)C)cccc4C(C)C)nc23)c1. The number of hydrogen-bond donors (Lipinski definition) is 2. The first-order chi connectivity index (χ1) is 18.3. The van der Waals surface area contributed by atoms with E-state index in [-0.39, 0.29) is 5.75 Å². The molecule has 0 aliphatic heterocycles. The van der Waals surface area contributed by atoms with Crippen LogP contribution in [0, 0.1) is 6.92 Å². The van der Waals surface area contributed by atoms with Gasteiger partial charge in [0.2, 0.25) is 0 Å². The summed E-state index contributed by atoms with van der Waals surface area (Å²) in [6, 6.07) is 31.1. The van der Waals surface area contributed by atoms with Gasteiger partial charge in [0, 0.05) is 27.8 Å². The van der Waals surface area contributed by atoms with E-state index in [1.165, 1.54) is 16.8 Å². The number of hydrogen-bond acceptors (Lipinski definition) is 3. The van der Waals surface area contributed by atoms with Crippen molar-refractivity contribution in [2.45, 2.75) is 53.0 Å². The van der Waals surface area contributed by atoms with Gasteiger partial charge in [-0.15, -0.1) is 0 Å². The third-order valence-electron chi connectivity index (χ3n) is 7.23. The van der Waals surface area contributed by atoms with Gasteiger partial charge in [-0.2, -0.15) is 0 Å². The maximum atomic E-state index is 11.4. The minimum Gasteiger partial charge on any atom is -0.507 e. The second kappa shape index (κ2) is 10.7. The summed E-state index contributed by atoms with van der Waals surface area (Å²) in [5, 5.41) is 16.2. The second-order valence-corrected chi connectivity index (χ2v) is 10.7. The molecule has 3 nitrogen and oxygen atoms in total. The van der Waals surface area contributed by atoms with Crippen LogP contribution >= 0.6 is 0 Å². The number of rotatable bonds is 7. The standard InChI is InChI=1S/C35H36N2O/c1-22(2)28-14-10-15-29(23(3)4)34(28)36-21-27-18-17-26-13-9-16-30(33(26)37-27)32-20-24(5)19-31(35(32)38)25-11-7-6-8-12-25/h6-20,22-23,36,38H,21H2,1-5H3. The number of aromatic nitrogens is 1.